The number of pyridine rings is 1. The van der Waals surface area contributed by atoms with Gasteiger partial charge in [0.05, 0.1) is 11.2 Å². The van der Waals surface area contributed by atoms with Gasteiger partial charge in [-0.2, -0.15) is 0 Å². The Labute approximate surface area is 159 Å². The molecule has 0 aliphatic heterocycles. The lowest BCUT2D eigenvalue weighted by Gasteiger charge is -2.26. The Morgan fingerprint density at radius 2 is 1.96 bits per heavy atom. The van der Waals surface area contributed by atoms with Crippen molar-refractivity contribution in [3.05, 3.63) is 55.0 Å². The summed E-state index contributed by atoms with van der Waals surface area (Å²) in [5.74, 6) is 0.542. The van der Waals surface area contributed by atoms with Crippen molar-refractivity contribution in [2.45, 2.75) is 33.1 Å². The largest absolute Gasteiger partial charge is 0.412 e. The number of nitrogens with one attached hydrogen (secondary N) is 1. The van der Waals surface area contributed by atoms with Crippen molar-refractivity contribution in [1.82, 2.24) is 15.0 Å². The molecule has 0 fully saturated rings. The number of rotatable bonds is 8. The monoisotopic (exact) mass is 366 g/mol. The van der Waals surface area contributed by atoms with E-state index in [0.29, 0.717) is 12.3 Å². The third-order valence-electron chi connectivity index (χ3n) is 4.31. The molecule has 2 aromatic heterocycles. The smallest absolute Gasteiger partial charge is 0.410 e. The molecule has 0 aliphatic rings. The Balaban J connectivity index is 1.81. The zero-order valence-electron chi connectivity index (χ0n) is 15.9. The molecule has 0 aliphatic carbocycles. The minimum atomic E-state index is -0.411. The summed E-state index contributed by atoms with van der Waals surface area (Å²) < 4.78 is 7.51. The molecule has 0 saturated carbocycles. The lowest BCUT2D eigenvalue weighted by molar-refractivity contribution is 0.200. The molecule has 0 unspecified atom stereocenters. The van der Waals surface area contributed by atoms with Crippen molar-refractivity contribution < 1.29 is 9.53 Å². The maximum Gasteiger partial charge on any atom is 0.412 e. The molecule has 0 atom stereocenters. The SMILES string of the molecule is CCCCNC(=O)Oc1ccc2c(ccn2N(CCC)c2ccncc2)c1. The third kappa shape index (κ3) is 4.58. The van der Waals surface area contributed by atoms with Crippen molar-refractivity contribution in [3.8, 4) is 5.75 Å². The van der Waals surface area contributed by atoms with Gasteiger partial charge in [0.1, 0.15) is 5.75 Å². The van der Waals surface area contributed by atoms with Gasteiger partial charge in [-0.05, 0) is 49.2 Å². The fourth-order valence-corrected chi connectivity index (χ4v) is 2.98. The van der Waals surface area contributed by atoms with Crippen LogP contribution in [0.25, 0.3) is 10.9 Å². The summed E-state index contributed by atoms with van der Waals surface area (Å²) in [7, 11) is 0. The number of carbonyl (C=O) groups is 1. The first-order chi connectivity index (χ1) is 13.2. The van der Waals surface area contributed by atoms with Crippen LogP contribution in [0.2, 0.25) is 0 Å². The number of aromatic nitrogens is 2. The van der Waals surface area contributed by atoms with E-state index < -0.39 is 6.09 Å². The Morgan fingerprint density at radius 3 is 2.70 bits per heavy atom. The van der Waals surface area contributed by atoms with Gasteiger partial charge in [-0.15, -0.1) is 0 Å². The summed E-state index contributed by atoms with van der Waals surface area (Å²) in [6.45, 7) is 5.75. The number of benzene rings is 1. The Bertz CT molecular complexity index is 876. The van der Waals surface area contributed by atoms with Crippen molar-refractivity contribution >= 4 is 22.7 Å². The van der Waals surface area contributed by atoms with Crippen LogP contribution < -0.4 is 15.1 Å². The second kappa shape index (κ2) is 9.07. The number of carbonyl (C=O) groups excluding carboxylic acids is 1. The highest BCUT2D eigenvalue weighted by molar-refractivity contribution is 5.83. The van der Waals surface area contributed by atoms with Crippen molar-refractivity contribution in [2.75, 3.05) is 18.1 Å². The maximum absolute atomic E-state index is 11.9. The number of unbranched alkanes of at least 4 members (excludes halogenated alkanes) is 1. The molecule has 6 heteroatoms. The molecule has 1 N–H and O–H groups in total. The molecule has 1 amide bonds. The molecule has 0 saturated heterocycles. The topological polar surface area (TPSA) is 59.4 Å². The van der Waals surface area contributed by atoms with Crippen LogP contribution in [-0.4, -0.2) is 28.8 Å². The Morgan fingerprint density at radius 1 is 1.15 bits per heavy atom. The third-order valence-corrected chi connectivity index (χ3v) is 4.31. The normalized spacial score (nSPS) is 10.7. The van der Waals surface area contributed by atoms with Crippen LogP contribution in [0.1, 0.15) is 33.1 Å². The molecule has 3 aromatic rings. The molecule has 0 radical (unpaired) electrons. The van der Waals surface area contributed by atoms with Crippen LogP contribution in [0.3, 0.4) is 0 Å². The number of fused-ring (bicyclic) bond motifs is 1. The van der Waals surface area contributed by atoms with E-state index in [1.165, 1.54) is 0 Å². The predicted octanol–water partition coefficient (Wildman–Crippen LogP) is 4.60. The van der Waals surface area contributed by atoms with E-state index in [0.717, 1.165) is 42.4 Å². The van der Waals surface area contributed by atoms with Gasteiger partial charge in [0.2, 0.25) is 0 Å². The van der Waals surface area contributed by atoms with Crippen LogP contribution in [-0.2, 0) is 0 Å². The first-order valence-electron chi connectivity index (χ1n) is 9.47. The molecular formula is C21H26N4O2. The van der Waals surface area contributed by atoms with E-state index in [1.54, 1.807) is 12.4 Å². The Kier molecular flexibility index (Phi) is 6.30. The highest BCUT2D eigenvalue weighted by atomic mass is 16.6. The molecule has 6 nitrogen and oxygen atoms in total. The zero-order chi connectivity index (χ0) is 19.1. The second-order valence-corrected chi connectivity index (χ2v) is 6.38. The molecule has 0 bridgehead atoms. The van der Waals surface area contributed by atoms with E-state index in [1.807, 2.05) is 42.6 Å². The number of hydrogen-bond donors (Lipinski definition) is 1. The van der Waals surface area contributed by atoms with Gasteiger partial charge in [0.25, 0.3) is 0 Å². The molecule has 27 heavy (non-hydrogen) atoms. The Hall–Kier alpha value is -3.02. The van der Waals surface area contributed by atoms with Crippen molar-refractivity contribution in [2.24, 2.45) is 0 Å². The molecule has 0 spiro atoms. The van der Waals surface area contributed by atoms with Crippen LogP contribution in [0.15, 0.2) is 55.0 Å². The lowest BCUT2D eigenvalue weighted by Crippen LogP contribution is -2.29. The van der Waals surface area contributed by atoms with Gasteiger partial charge in [-0.25, -0.2) is 4.79 Å². The van der Waals surface area contributed by atoms with Crippen molar-refractivity contribution in [3.63, 3.8) is 0 Å². The van der Waals surface area contributed by atoms with Crippen LogP contribution in [0.5, 0.6) is 5.75 Å². The molecular weight excluding hydrogens is 340 g/mol. The molecule has 142 valence electrons. The van der Waals surface area contributed by atoms with E-state index >= 15 is 0 Å². The summed E-state index contributed by atoms with van der Waals surface area (Å²) in [4.78, 5) is 16.0. The summed E-state index contributed by atoms with van der Waals surface area (Å²) in [5, 5.41) is 5.99. The van der Waals surface area contributed by atoms with Gasteiger partial charge >= 0.3 is 6.09 Å². The average Bonchev–Trinajstić information content (AvgIpc) is 3.10. The number of hydrogen-bond acceptors (Lipinski definition) is 4. The second-order valence-electron chi connectivity index (χ2n) is 6.38. The van der Waals surface area contributed by atoms with Crippen molar-refractivity contribution in [1.29, 1.82) is 0 Å². The fraction of sp³-hybridized carbons (Fsp3) is 0.333. The van der Waals surface area contributed by atoms with E-state index in [4.69, 9.17) is 4.74 Å². The number of nitrogens with zero attached hydrogens (tertiary/aromatic N) is 3. The van der Waals surface area contributed by atoms with Gasteiger partial charge < -0.3 is 10.1 Å². The van der Waals surface area contributed by atoms with Gasteiger partial charge in [0.15, 0.2) is 0 Å². The quantitative estimate of drug-likeness (QED) is 0.592. The summed E-state index contributed by atoms with van der Waals surface area (Å²) in [5.41, 5.74) is 2.14. The van der Waals surface area contributed by atoms with E-state index in [-0.39, 0.29) is 0 Å². The lowest BCUT2D eigenvalue weighted by atomic mass is 10.2. The highest BCUT2D eigenvalue weighted by Gasteiger charge is 2.12. The van der Waals surface area contributed by atoms with Crippen LogP contribution in [0.4, 0.5) is 10.5 Å². The predicted molar refractivity (Wildman–Crippen MR) is 108 cm³/mol. The zero-order valence-corrected chi connectivity index (χ0v) is 15.9. The van der Waals surface area contributed by atoms with Gasteiger partial charge in [-0.3, -0.25) is 14.7 Å². The number of amides is 1. The molecule has 1 aromatic carbocycles. The summed E-state index contributed by atoms with van der Waals surface area (Å²) >= 11 is 0. The molecule has 2 heterocycles. The van der Waals surface area contributed by atoms with E-state index in [2.05, 4.69) is 33.8 Å². The highest BCUT2D eigenvalue weighted by Crippen LogP contribution is 2.25. The van der Waals surface area contributed by atoms with Crippen LogP contribution >= 0.6 is 0 Å². The van der Waals surface area contributed by atoms with Gasteiger partial charge in [0, 0.05) is 37.1 Å². The summed E-state index contributed by atoms with van der Waals surface area (Å²) in [6.07, 6.45) is 8.21. The standard InChI is InChI=1S/C21H26N4O2/c1-3-5-11-23-21(26)27-19-6-7-20-17(16-19)10-15-25(20)24(14-4-2)18-8-12-22-13-9-18/h6-10,12-13,15-16H,3-5,11,14H2,1-2H3,(H,23,26). The minimum absolute atomic E-state index is 0.411. The average molecular weight is 366 g/mol. The minimum Gasteiger partial charge on any atom is -0.410 e. The first-order valence-corrected chi connectivity index (χ1v) is 9.47. The molecule has 3 rings (SSSR count). The first kappa shape index (κ1) is 18.8. The summed E-state index contributed by atoms with van der Waals surface area (Å²) in [6, 6.07) is 11.7. The number of ether oxygens (including phenoxy) is 1. The van der Waals surface area contributed by atoms with E-state index in [9.17, 15) is 4.79 Å². The fourth-order valence-electron chi connectivity index (χ4n) is 2.98. The van der Waals surface area contributed by atoms with Crippen LogP contribution in [0, 0.1) is 0 Å². The van der Waals surface area contributed by atoms with Gasteiger partial charge in [-0.1, -0.05) is 20.3 Å². The maximum atomic E-state index is 11.9. The number of anilines is 1.